The molecule has 0 aromatic rings. The Morgan fingerprint density at radius 1 is 0.553 bits per heavy atom. The number of hydrogen-bond donors (Lipinski definition) is 2. The van der Waals surface area contributed by atoms with Gasteiger partial charge in [0.2, 0.25) is 5.91 Å². The third-order valence-electron chi connectivity index (χ3n) is 7.86. The van der Waals surface area contributed by atoms with Crippen LogP contribution in [0.3, 0.4) is 0 Å². The Kier molecular flexibility index (Phi) is 28.1. The van der Waals surface area contributed by atoms with Gasteiger partial charge in [0, 0.05) is 19.5 Å². The summed E-state index contributed by atoms with van der Waals surface area (Å²) in [7, 11) is 0. The standard InChI is InChI=1S/C33H66N2O3/c1-3-5-7-9-11-13-15-17-19-21-23-25-29-35(33(38)31(34)27-28-32(36)37)30-26-24-22-20-18-16-14-12-10-8-6-4-2/h31H,3-30,34H2,1-2H3,(H,36,37)/t31-/m0/s1. The second kappa shape index (κ2) is 28.9. The molecule has 1 atom stereocenters. The smallest absolute Gasteiger partial charge is 0.303 e. The number of hydrogen-bond acceptors (Lipinski definition) is 3. The highest BCUT2D eigenvalue weighted by Gasteiger charge is 2.21. The van der Waals surface area contributed by atoms with Gasteiger partial charge in [0.1, 0.15) is 0 Å². The zero-order chi connectivity index (χ0) is 28.1. The Morgan fingerprint density at radius 2 is 0.842 bits per heavy atom. The number of carbonyl (C=O) groups is 2. The van der Waals surface area contributed by atoms with Crippen LogP contribution in [0.5, 0.6) is 0 Å². The van der Waals surface area contributed by atoms with Crippen LogP contribution in [0, 0.1) is 0 Å². The lowest BCUT2D eigenvalue weighted by Gasteiger charge is -2.26. The second-order valence-corrected chi connectivity index (χ2v) is 11.6. The first-order valence-corrected chi connectivity index (χ1v) is 16.8. The summed E-state index contributed by atoms with van der Waals surface area (Å²) >= 11 is 0. The first kappa shape index (κ1) is 36.9. The summed E-state index contributed by atoms with van der Waals surface area (Å²) in [6.07, 6.45) is 31.4. The van der Waals surface area contributed by atoms with Crippen molar-refractivity contribution in [2.45, 2.75) is 187 Å². The average molecular weight is 539 g/mol. The van der Waals surface area contributed by atoms with Gasteiger partial charge in [-0.2, -0.15) is 0 Å². The minimum Gasteiger partial charge on any atom is -0.481 e. The zero-order valence-corrected chi connectivity index (χ0v) is 25.7. The van der Waals surface area contributed by atoms with Crippen LogP contribution in [-0.4, -0.2) is 41.0 Å². The van der Waals surface area contributed by atoms with E-state index in [9.17, 15) is 9.59 Å². The Labute approximate surface area is 237 Å². The molecule has 0 rings (SSSR count). The average Bonchev–Trinajstić information content (AvgIpc) is 2.91. The number of unbranched alkanes of at least 4 members (excludes halogenated alkanes) is 22. The molecule has 0 heterocycles. The molecule has 0 aliphatic rings. The van der Waals surface area contributed by atoms with E-state index in [1.165, 1.54) is 128 Å². The largest absolute Gasteiger partial charge is 0.481 e. The fourth-order valence-electron chi connectivity index (χ4n) is 5.26. The van der Waals surface area contributed by atoms with Gasteiger partial charge in [0.05, 0.1) is 6.04 Å². The van der Waals surface area contributed by atoms with Crippen molar-refractivity contribution in [2.24, 2.45) is 5.73 Å². The van der Waals surface area contributed by atoms with E-state index in [4.69, 9.17) is 10.8 Å². The predicted molar refractivity (Wildman–Crippen MR) is 164 cm³/mol. The van der Waals surface area contributed by atoms with Crippen molar-refractivity contribution >= 4 is 11.9 Å². The van der Waals surface area contributed by atoms with Gasteiger partial charge in [0.15, 0.2) is 0 Å². The third kappa shape index (κ3) is 25.2. The maximum atomic E-state index is 12.9. The first-order chi connectivity index (χ1) is 18.5. The van der Waals surface area contributed by atoms with Crippen LogP contribution in [0.15, 0.2) is 0 Å². The molecule has 0 fully saturated rings. The minimum absolute atomic E-state index is 0.0437. The molecule has 0 aromatic carbocycles. The number of carboxylic acid groups (broad SMARTS) is 1. The molecule has 1 amide bonds. The summed E-state index contributed by atoms with van der Waals surface area (Å²) in [5.41, 5.74) is 6.09. The molecule has 0 unspecified atom stereocenters. The molecule has 38 heavy (non-hydrogen) atoms. The molecule has 0 aliphatic heterocycles. The van der Waals surface area contributed by atoms with Gasteiger partial charge < -0.3 is 15.7 Å². The van der Waals surface area contributed by atoms with Crippen LogP contribution in [0.1, 0.15) is 181 Å². The van der Waals surface area contributed by atoms with Crippen molar-refractivity contribution in [3.63, 3.8) is 0 Å². The van der Waals surface area contributed by atoms with E-state index in [1.54, 1.807) is 0 Å². The molecule has 0 saturated heterocycles. The van der Waals surface area contributed by atoms with Crippen molar-refractivity contribution in [2.75, 3.05) is 13.1 Å². The summed E-state index contributed by atoms with van der Waals surface area (Å²) in [4.78, 5) is 25.8. The van der Waals surface area contributed by atoms with Crippen LogP contribution < -0.4 is 5.73 Å². The molecular weight excluding hydrogens is 472 g/mol. The molecular formula is C33H66N2O3. The quantitative estimate of drug-likeness (QED) is 0.0892. The highest BCUT2D eigenvalue weighted by atomic mass is 16.4. The number of nitrogens with zero attached hydrogens (tertiary/aromatic N) is 1. The van der Waals surface area contributed by atoms with Crippen LogP contribution in [0.4, 0.5) is 0 Å². The summed E-state index contributed by atoms with van der Waals surface area (Å²) in [6.45, 7) is 6.05. The lowest BCUT2D eigenvalue weighted by Crippen LogP contribution is -2.44. The van der Waals surface area contributed by atoms with Gasteiger partial charge in [-0.25, -0.2) is 0 Å². The van der Waals surface area contributed by atoms with Crippen molar-refractivity contribution < 1.29 is 14.7 Å². The summed E-state index contributed by atoms with van der Waals surface area (Å²) in [6, 6.07) is -0.694. The van der Waals surface area contributed by atoms with Gasteiger partial charge >= 0.3 is 5.97 Å². The van der Waals surface area contributed by atoms with Crippen LogP contribution in [-0.2, 0) is 9.59 Å². The topological polar surface area (TPSA) is 83.6 Å². The molecule has 5 nitrogen and oxygen atoms in total. The van der Waals surface area contributed by atoms with Gasteiger partial charge in [-0.05, 0) is 19.3 Å². The zero-order valence-electron chi connectivity index (χ0n) is 25.7. The maximum Gasteiger partial charge on any atom is 0.303 e. The fraction of sp³-hybridized carbons (Fsp3) is 0.939. The Bertz CT molecular complexity index is 498. The van der Waals surface area contributed by atoms with Gasteiger partial charge in [-0.3, -0.25) is 9.59 Å². The lowest BCUT2D eigenvalue weighted by molar-refractivity contribution is -0.137. The van der Waals surface area contributed by atoms with Crippen LogP contribution >= 0.6 is 0 Å². The van der Waals surface area contributed by atoms with E-state index in [0.29, 0.717) is 0 Å². The first-order valence-electron chi connectivity index (χ1n) is 16.8. The van der Waals surface area contributed by atoms with Crippen molar-refractivity contribution in [1.82, 2.24) is 4.90 Å². The predicted octanol–water partition coefficient (Wildman–Crippen LogP) is 9.41. The molecule has 0 spiro atoms. The lowest BCUT2D eigenvalue weighted by atomic mass is 10.0. The number of carbonyl (C=O) groups excluding carboxylic acids is 1. The van der Waals surface area contributed by atoms with Gasteiger partial charge in [-0.1, -0.05) is 155 Å². The van der Waals surface area contributed by atoms with E-state index in [1.807, 2.05) is 4.90 Å². The van der Waals surface area contributed by atoms with Crippen molar-refractivity contribution in [3.8, 4) is 0 Å². The highest BCUT2D eigenvalue weighted by molar-refractivity contribution is 5.82. The summed E-state index contributed by atoms with van der Waals surface area (Å²) < 4.78 is 0. The molecule has 0 aliphatic carbocycles. The van der Waals surface area contributed by atoms with E-state index in [-0.39, 0.29) is 18.7 Å². The number of rotatable bonds is 30. The second-order valence-electron chi connectivity index (χ2n) is 11.6. The molecule has 0 bridgehead atoms. The number of carboxylic acids is 1. The SMILES string of the molecule is CCCCCCCCCCCCCCN(CCCCCCCCCCCCCC)C(=O)[C@@H](N)CCC(=O)O. The van der Waals surface area contributed by atoms with E-state index >= 15 is 0 Å². The number of aliphatic carboxylic acids is 1. The Balaban J connectivity index is 4.06. The molecule has 3 N–H and O–H groups in total. The van der Waals surface area contributed by atoms with E-state index < -0.39 is 12.0 Å². The molecule has 5 heteroatoms. The maximum absolute atomic E-state index is 12.9. The third-order valence-corrected chi connectivity index (χ3v) is 7.86. The monoisotopic (exact) mass is 539 g/mol. The molecule has 0 radical (unpaired) electrons. The van der Waals surface area contributed by atoms with E-state index in [2.05, 4.69) is 13.8 Å². The van der Waals surface area contributed by atoms with Gasteiger partial charge in [-0.15, -0.1) is 0 Å². The summed E-state index contributed by atoms with van der Waals surface area (Å²) in [5, 5.41) is 8.95. The van der Waals surface area contributed by atoms with Crippen LogP contribution in [0.25, 0.3) is 0 Å². The minimum atomic E-state index is -0.887. The fourth-order valence-corrected chi connectivity index (χ4v) is 5.26. The Hall–Kier alpha value is -1.10. The van der Waals surface area contributed by atoms with Gasteiger partial charge in [0.25, 0.3) is 0 Å². The van der Waals surface area contributed by atoms with E-state index in [0.717, 1.165) is 38.8 Å². The Morgan fingerprint density at radius 3 is 1.13 bits per heavy atom. The molecule has 0 aromatic heterocycles. The normalized spacial score (nSPS) is 12.1. The molecule has 0 saturated carbocycles. The number of amides is 1. The van der Waals surface area contributed by atoms with Crippen molar-refractivity contribution in [1.29, 1.82) is 0 Å². The highest BCUT2D eigenvalue weighted by Crippen LogP contribution is 2.15. The summed E-state index contributed by atoms with van der Waals surface area (Å²) in [5.74, 6) is -0.945. The molecule has 226 valence electrons. The number of nitrogens with two attached hydrogens (primary N) is 1. The van der Waals surface area contributed by atoms with Crippen molar-refractivity contribution in [3.05, 3.63) is 0 Å². The van der Waals surface area contributed by atoms with Crippen LogP contribution in [0.2, 0.25) is 0 Å².